The molecule has 24 N–H and O–H groups in total. The molecule has 40 heteroatoms. The zero-order valence-corrected chi connectivity index (χ0v) is 46.0. The van der Waals surface area contributed by atoms with E-state index in [9.17, 15) is 123 Å². The van der Waals surface area contributed by atoms with Crippen LogP contribution in [0.3, 0.4) is 0 Å². The Morgan fingerprint density at radius 1 is 0.136 bits per heavy atom. The zero-order chi connectivity index (χ0) is 64.1. The Hall–Kier alpha value is -1.60. The molecule has 0 aromatic rings. The van der Waals surface area contributed by atoms with E-state index >= 15 is 0 Å². The molecule has 40 atom stereocenters. The van der Waals surface area contributed by atoms with Gasteiger partial charge < -0.3 is 198 Å². The molecule has 10 unspecified atom stereocenters. The lowest BCUT2D eigenvalue weighted by molar-refractivity contribution is -0.404. The molecule has 512 valence electrons. The minimum absolute atomic E-state index is 1.08. The standard InChI is InChI=1S/C48H80O40/c49-1-9-33-17(57)25(65)41(73-9)82-34-10(2-50)75-43(27(67)19(34)59)84-36-12(4-52)77-45(29(69)21(36)61)86-38-14(6-54)79-47(31(71)23(38)63)88-40-16(8-56)80-48(32(72)24(40)64)87-39-15(7-55)78-46(30(70)22(39)62)85-37-13(5-53)76-44(28(68)20(37)60)83-35-11(3-51)74-42(81-33)26(66)18(35)58/h9-72H,1-8H2/t9-,10-,11-,12-,13-,14-,15-,16-,17-,18-,19-,20-,21-,22-,23-,24-,25-,26-,27-,28-,29-,30-,31-,32-,33-,34-,35-,36-,37-,38-,39?,40?,41?,42?,43?,44?,45?,46?,47?,48?/m1/s1. The maximum Gasteiger partial charge on any atom is 0.187 e. The third-order valence-electron chi connectivity index (χ3n) is 16.9. The fraction of sp³-hybridized carbons (Fsp3) is 1.00. The van der Waals surface area contributed by atoms with Crippen LogP contribution in [-0.4, -0.2) is 421 Å². The first kappa shape index (κ1) is 70.7. The minimum Gasteiger partial charge on any atom is -0.394 e. The third-order valence-corrected chi connectivity index (χ3v) is 16.9. The van der Waals surface area contributed by atoms with Gasteiger partial charge in [0.25, 0.3) is 0 Å². The summed E-state index contributed by atoms with van der Waals surface area (Å²) in [5, 5.41) is 265. The highest BCUT2D eigenvalue weighted by Gasteiger charge is 2.60. The van der Waals surface area contributed by atoms with Crippen LogP contribution in [0.1, 0.15) is 0 Å². The molecule has 88 heavy (non-hydrogen) atoms. The van der Waals surface area contributed by atoms with Crippen molar-refractivity contribution in [2.24, 2.45) is 0 Å². The van der Waals surface area contributed by atoms with Crippen molar-refractivity contribution in [3.63, 3.8) is 0 Å². The van der Waals surface area contributed by atoms with E-state index in [1.807, 2.05) is 0 Å². The predicted molar refractivity (Wildman–Crippen MR) is 261 cm³/mol. The van der Waals surface area contributed by atoms with Crippen LogP contribution in [0.5, 0.6) is 0 Å². The van der Waals surface area contributed by atoms with Crippen molar-refractivity contribution >= 4 is 0 Å². The van der Waals surface area contributed by atoms with Crippen LogP contribution in [0.25, 0.3) is 0 Å². The van der Waals surface area contributed by atoms with E-state index in [2.05, 4.69) is 0 Å². The van der Waals surface area contributed by atoms with E-state index in [1.54, 1.807) is 0 Å². The van der Waals surface area contributed by atoms with Gasteiger partial charge in [-0.25, -0.2) is 0 Å². The number of hydrogen-bond acceptors (Lipinski definition) is 40. The van der Waals surface area contributed by atoms with Gasteiger partial charge in [0, 0.05) is 0 Å². The highest BCUT2D eigenvalue weighted by molar-refractivity contribution is 5.02. The molecular weight excluding hydrogens is 1220 g/mol. The van der Waals surface area contributed by atoms with Gasteiger partial charge >= 0.3 is 0 Å². The molecule has 30 aliphatic heterocycles. The molecule has 16 bridgehead atoms. The van der Waals surface area contributed by atoms with Crippen LogP contribution >= 0.6 is 0 Å². The summed E-state index contributed by atoms with van der Waals surface area (Å²) < 4.78 is 91.1. The Balaban J connectivity index is 0.975. The van der Waals surface area contributed by atoms with Crippen LogP contribution in [0.4, 0.5) is 0 Å². The molecule has 30 rings (SSSR count). The van der Waals surface area contributed by atoms with Crippen molar-refractivity contribution in [3.8, 4) is 0 Å². The lowest BCUT2D eigenvalue weighted by atomic mass is 9.94. The predicted octanol–water partition coefficient (Wildman–Crippen LogP) is -17.4. The van der Waals surface area contributed by atoms with Gasteiger partial charge in [0.05, 0.1) is 52.9 Å². The Labute approximate surface area is 496 Å². The first-order chi connectivity index (χ1) is 41.9. The van der Waals surface area contributed by atoms with Gasteiger partial charge in [-0.1, -0.05) is 0 Å². The highest BCUT2D eigenvalue weighted by atomic mass is 16.8. The number of rotatable bonds is 8. The van der Waals surface area contributed by atoms with Crippen molar-refractivity contribution in [1.82, 2.24) is 0 Å². The molecule has 0 radical (unpaired) electrons. The van der Waals surface area contributed by atoms with Crippen molar-refractivity contribution in [1.29, 1.82) is 0 Å². The number of hydrogen-bond donors (Lipinski definition) is 24. The van der Waals surface area contributed by atoms with Crippen LogP contribution in [-0.2, 0) is 75.8 Å². The summed E-state index contributed by atoms with van der Waals surface area (Å²) in [4.78, 5) is 0. The Morgan fingerprint density at radius 3 is 0.307 bits per heavy atom. The van der Waals surface area contributed by atoms with Crippen molar-refractivity contribution in [2.45, 2.75) is 246 Å². The molecular formula is C48H80O40. The number of ether oxygens (including phenoxy) is 16. The SMILES string of the molecule is OC[C@H]1OC2OC3[C@@H](CO)OC(O[C@H]4[C@H](O)[C@@H](O)C(O[C@H]5[C@H](O)[C@@H](O)C(O[C@H]6[C@H](O)[C@@H](O)C(O[C@H]7[C@H](O)[C@@H](O)C(O[C@H]8[C@H](O)[C@@H](O)C(O[C@H]9[C@H](O)[C@@H](O)C(OC1[C@H](O)[C@H]2O)O[C@@H]9CO)O[C@@H]8CO)O[C@@H]7CO)O[C@@H]6CO)O[C@@H]5CO)O[C@@H]4CO)[C@H](O)[C@H]3O. The first-order valence-corrected chi connectivity index (χ1v) is 28.1. The second-order valence-electron chi connectivity index (χ2n) is 22.5. The Bertz CT molecular complexity index is 1700. The Kier molecular flexibility index (Phi) is 24.1. The second-order valence-corrected chi connectivity index (χ2v) is 22.5. The van der Waals surface area contributed by atoms with Crippen molar-refractivity contribution < 1.29 is 198 Å². The van der Waals surface area contributed by atoms with Crippen LogP contribution in [0.15, 0.2) is 0 Å². The monoisotopic (exact) mass is 1300 g/mol. The van der Waals surface area contributed by atoms with E-state index in [-0.39, 0.29) is 0 Å². The largest absolute Gasteiger partial charge is 0.394 e. The first-order valence-electron chi connectivity index (χ1n) is 28.1. The van der Waals surface area contributed by atoms with E-state index < -0.39 is 299 Å². The van der Waals surface area contributed by atoms with E-state index in [0.717, 1.165) is 0 Å². The highest BCUT2D eigenvalue weighted by Crippen LogP contribution is 2.40. The molecule has 30 heterocycles. The minimum atomic E-state index is -2.25. The molecule has 0 spiro atoms. The summed E-state index contributed by atoms with van der Waals surface area (Å²) in [6.07, 6.45) is -82.0. The summed E-state index contributed by atoms with van der Waals surface area (Å²) in [5.41, 5.74) is 0. The normalized spacial score (nSPS) is 55.4. The van der Waals surface area contributed by atoms with Gasteiger partial charge in [0.1, 0.15) is 195 Å². The molecule has 40 nitrogen and oxygen atoms in total. The quantitative estimate of drug-likeness (QED) is 0.107. The maximum absolute atomic E-state index is 11.4. The zero-order valence-electron chi connectivity index (χ0n) is 46.0. The van der Waals surface area contributed by atoms with Crippen molar-refractivity contribution in [3.05, 3.63) is 0 Å². The topological polar surface area (TPSA) is 633 Å². The fourth-order valence-electron chi connectivity index (χ4n) is 11.9. The maximum atomic E-state index is 11.4. The van der Waals surface area contributed by atoms with Crippen LogP contribution < -0.4 is 0 Å². The lowest BCUT2D eigenvalue weighted by Gasteiger charge is -2.50. The molecule has 30 saturated heterocycles. The third kappa shape index (κ3) is 13.8. The Morgan fingerprint density at radius 2 is 0.227 bits per heavy atom. The fourth-order valence-corrected chi connectivity index (χ4v) is 11.9. The van der Waals surface area contributed by atoms with Gasteiger partial charge in [-0.3, -0.25) is 0 Å². The van der Waals surface area contributed by atoms with Crippen LogP contribution in [0.2, 0.25) is 0 Å². The summed E-state index contributed by atoms with van der Waals surface area (Å²) in [6.45, 7) is -8.64. The van der Waals surface area contributed by atoms with E-state index in [4.69, 9.17) is 75.8 Å². The van der Waals surface area contributed by atoms with E-state index in [1.165, 1.54) is 0 Å². The van der Waals surface area contributed by atoms with Crippen LogP contribution in [0, 0.1) is 0 Å². The van der Waals surface area contributed by atoms with E-state index in [0.29, 0.717) is 0 Å². The molecule has 30 fully saturated rings. The van der Waals surface area contributed by atoms with Gasteiger partial charge in [-0.05, 0) is 0 Å². The molecule has 0 saturated carbocycles. The average Bonchev–Trinajstić information content (AvgIpc) is 3.62. The summed E-state index contributed by atoms with van der Waals surface area (Å²) >= 11 is 0. The van der Waals surface area contributed by atoms with Gasteiger partial charge in [-0.2, -0.15) is 0 Å². The smallest absolute Gasteiger partial charge is 0.187 e. The van der Waals surface area contributed by atoms with Gasteiger partial charge in [0.2, 0.25) is 0 Å². The summed E-state index contributed by atoms with van der Waals surface area (Å²) in [7, 11) is 0. The van der Waals surface area contributed by atoms with Gasteiger partial charge in [-0.15, -0.1) is 0 Å². The average molecular weight is 1300 g/mol. The van der Waals surface area contributed by atoms with Gasteiger partial charge in [0.15, 0.2) is 50.3 Å². The molecule has 0 aromatic heterocycles. The number of aliphatic hydroxyl groups excluding tert-OH is 24. The summed E-state index contributed by atoms with van der Waals surface area (Å²) in [5.74, 6) is 0. The summed E-state index contributed by atoms with van der Waals surface area (Å²) in [6, 6.07) is 0. The molecule has 0 aromatic carbocycles. The second kappa shape index (κ2) is 30.0. The lowest BCUT2D eigenvalue weighted by Crippen LogP contribution is -2.69. The molecule has 0 aliphatic carbocycles. The number of aliphatic hydroxyl groups is 24. The molecule has 0 amide bonds. The van der Waals surface area contributed by atoms with Crippen molar-refractivity contribution in [2.75, 3.05) is 52.9 Å². The molecule has 30 aliphatic rings.